The predicted molar refractivity (Wildman–Crippen MR) is 95.0 cm³/mol. The molecule has 24 heavy (non-hydrogen) atoms. The van der Waals surface area contributed by atoms with E-state index in [0.717, 1.165) is 21.1 Å². The molecule has 7 heteroatoms. The van der Waals surface area contributed by atoms with Crippen molar-refractivity contribution in [2.24, 2.45) is 0 Å². The number of hydrogen-bond donors (Lipinski definition) is 0. The summed E-state index contributed by atoms with van der Waals surface area (Å²) in [6.45, 7) is 0. The van der Waals surface area contributed by atoms with Crippen LogP contribution in [0.4, 0.5) is 0 Å². The van der Waals surface area contributed by atoms with Crippen molar-refractivity contribution in [2.45, 2.75) is 0 Å². The number of halogens is 1. The Morgan fingerprint density at radius 1 is 1.00 bits per heavy atom. The number of benzene rings is 2. The molecule has 0 aliphatic carbocycles. The number of nitrogens with zero attached hydrogens (tertiary/aromatic N) is 2. The van der Waals surface area contributed by atoms with E-state index in [2.05, 4.69) is 4.98 Å². The summed E-state index contributed by atoms with van der Waals surface area (Å²) in [5, 5.41) is 0.160. The Morgan fingerprint density at radius 3 is 1.92 bits per heavy atom. The zero-order valence-corrected chi connectivity index (χ0v) is 14.8. The van der Waals surface area contributed by atoms with Crippen molar-refractivity contribution in [3.05, 3.63) is 66.0 Å². The normalized spacial score (nSPS) is 11.7. The molecule has 1 heterocycles. The number of oxazole rings is 1. The second-order valence-electron chi connectivity index (χ2n) is 4.91. The third-order valence-electron chi connectivity index (χ3n) is 2.98. The lowest BCUT2D eigenvalue weighted by atomic mass is 10.1. The van der Waals surface area contributed by atoms with Crippen molar-refractivity contribution in [3.8, 4) is 22.6 Å². The van der Waals surface area contributed by atoms with Gasteiger partial charge >= 0.3 is 0 Å². The minimum atomic E-state index is -2.03. The predicted octanol–water partition coefficient (Wildman–Crippen LogP) is 4.00. The van der Waals surface area contributed by atoms with Gasteiger partial charge in [0, 0.05) is 22.4 Å². The summed E-state index contributed by atoms with van der Waals surface area (Å²) in [6.07, 6.45) is 0. The van der Waals surface area contributed by atoms with Gasteiger partial charge in [-0.25, -0.2) is 4.31 Å². The van der Waals surface area contributed by atoms with Crippen LogP contribution in [0, 0.1) is 0 Å². The highest BCUT2D eigenvalue weighted by Gasteiger charge is 2.15. The Kier molecular flexibility index (Phi) is 6.69. The van der Waals surface area contributed by atoms with Gasteiger partial charge in [0.2, 0.25) is 0 Å². The molecule has 126 valence electrons. The monoisotopic (exact) mass is 363 g/mol. The van der Waals surface area contributed by atoms with E-state index in [0.29, 0.717) is 5.76 Å². The summed E-state index contributed by atoms with van der Waals surface area (Å²) in [5.41, 5.74) is 2.73. The summed E-state index contributed by atoms with van der Waals surface area (Å²) in [5.74, 6) is 0.701. The fourth-order valence-electron chi connectivity index (χ4n) is 1.87. The van der Waals surface area contributed by atoms with E-state index in [1.807, 2.05) is 60.7 Å². The molecule has 3 rings (SSSR count). The molecule has 1 unspecified atom stereocenters. The Labute approximate surface area is 148 Å². The van der Waals surface area contributed by atoms with Crippen molar-refractivity contribution < 1.29 is 13.2 Å². The third-order valence-corrected chi connectivity index (χ3v) is 3.74. The first-order valence-electron chi connectivity index (χ1n) is 7.03. The quantitative estimate of drug-likeness (QED) is 0.659. The van der Waals surface area contributed by atoms with Crippen LogP contribution in [0.3, 0.4) is 0 Å². The second kappa shape index (κ2) is 8.75. The maximum Gasteiger partial charge on any atom is 0.293 e. The van der Waals surface area contributed by atoms with Crippen molar-refractivity contribution in [1.29, 1.82) is 0 Å². The average Bonchev–Trinajstić information content (AvgIpc) is 2.99. The zero-order chi connectivity index (χ0) is 17.5. The first-order valence-corrected chi connectivity index (χ1v) is 8.44. The van der Waals surface area contributed by atoms with E-state index in [9.17, 15) is 8.76 Å². The van der Waals surface area contributed by atoms with Gasteiger partial charge in [-0.3, -0.25) is 4.21 Å². The molecule has 0 spiro atoms. The van der Waals surface area contributed by atoms with E-state index >= 15 is 0 Å². The summed E-state index contributed by atoms with van der Waals surface area (Å²) in [7, 11) is 2.92. The molecule has 2 aromatic carbocycles. The fraction of sp³-hybridized carbons (Fsp3) is 0.118. The molecular weight excluding hydrogens is 348 g/mol. The Hall–Kier alpha value is -1.99. The van der Waals surface area contributed by atoms with Gasteiger partial charge in [-0.15, -0.1) is 0 Å². The van der Waals surface area contributed by atoms with E-state index < -0.39 is 11.3 Å². The van der Waals surface area contributed by atoms with Gasteiger partial charge in [0.15, 0.2) is 5.76 Å². The third kappa shape index (κ3) is 5.01. The van der Waals surface area contributed by atoms with E-state index in [1.165, 1.54) is 14.1 Å². The molecule has 1 aromatic heterocycles. The first-order chi connectivity index (χ1) is 11.5. The van der Waals surface area contributed by atoms with Crippen LogP contribution in [0.15, 0.2) is 65.1 Å². The maximum absolute atomic E-state index is 9.62. The molecule has 0 aliphatic heterocycles. The SMILES string of the molecule is CN(C)S(=O)[O-].Clc1nc(-c2ccccc2)c(-c2ccccc2)o1. The number of hydrogen-bond acceptors (Lipinski definition) is 4. The lowest BCUT2D eigenvalue weighted by Crippen LogP contribution is -2.13. The van der Waals surface area contributed by atoms with Crippen molar-refractivity contribution in [2.75, 3.05) is 14.1 Å². The Morgan fingerprint density at radius 2 is 1.46 bits per heavy atom. The topological polar surface area (TPSA) is 69.4 Å². The van der Waals surface area contributed by atoms with E-state index in [-0.39, 0.29) is 5.35 Å². The summed E-state index contributed by atoms with van der Waals surface area (Å²) in [4.78, 5) is 4.26. The number of aromatic nitrogens is 1. The Balaban J connectivity index is 0.000000301. The second-order valence-corrected chi connectivity index (χ2v) is 6.39. The fourth-order valence-corrected chi connectivity index (χ4v) is 2.03. The molecular formula is C17H16ClN2O3S-. The maximum atomic E-state index is 9.62. The van der Waals surface area contributed by atoms with Crippen LogP contribution in [-0.2, 0) is 11.3 Å². The molecule has 0 fully saturated rings. The van der Waals surface area contributed by atoms with Crippen LogP contribution in [0.2, 0.25) is 5.35 Å². The molecule has 0 N–H and O–H groups in total. The van der Waals surface area contributed by atoms with E-state index in [1.54, 1.807) is 0 Å². The van der Waals surface area contributed by atoms with Crippen molar-refractivity contribution >= 4 is 22.9 Å². The minimum absolute atomic E-state index is 0.160. The van der Waals surface area contributed by atoms with Crippen LogP contribution in [0.1, 0.15) is 0 Å². The molecule has 1 atom stereocenters. The van der Waals surface area contributed by atoms with Gasteiger partial charge in [-0.05, 0) is 25.7 Å². The lowest BCUT2D eigenvalue weighted by Gasteiger charge is -2.10. The van der Waals surface area contributed by atoms with Gasteiger partial charge in [0.25, 0.3) is 5.35 Å². The summed E-state index contributed by atoms with van der Waals surface area (Å²) in [6, 6.07) is 19.7. The van der Waals surface area contributed by atoms with Gasteiger partial charge in [-0.1, -0.05) is 60.7 Å². The van der Waals surface area contributed by atoms with Crippen LogP contribution >= 0.6 is 11.6 Å². The van der Waals surface area contributed by atoms with Crippen LogP contribution in [0.5, 0.6) is 0 Å². The summed E-state index contributed by atoms with van der Waals surface area (Å²) >= 11 is 3.85. The van der Waals surface area contributed by atoms with Crippen molar-refractivity contribution in [3.63, 3.8) is 0 Å². The van der Waals surface area contributed by atoms with Gasteiger partial charge < -0.3 is 8.97 Å². The summed E-state index contributed by atoms with van der Waals surface area (Å²) < 4.78 is 25.8. The zero-order valence-electron chi connectivity index (χ0n) is 13.2. The Bertz CT molecular complexity index is 735. The highest BCUT2D eigenvalue weighted by molar-refractivity contribution is 7.76. The lowest BCUT2D eigenvalue weighted by molar-refractivity contribution is 0.470. The van der Waals surface area contributed by atoms with Crippen LogP contribution < -0.4 is 0 Å². The molecule has 0 amide bonds. The van der Waals surface area contributed by atoms with Gasteiger partial charge in [0.05, 0.1) is 0 Å². The molecule has 0 bridgehead atoms. The molecule has 0 saturated heterocycles. The highest BCUT2D eigenvalue weighted by atomic mass is 35.5. The molecule has 5 nitrogen and oxygen atoms in total. The van der Waals surface area contributed by atoms with Gasteiger partial charge in [-0.2, -0.15) is 4.98 Å². The van der Waals surface area contributed by atoms with Gasteiger partial charge in [0.1, 0.15) is 5.69 Å². The van der Waals surface area contributed by atoms with Crippen LogP contribution in [0.25, 0.3) is 22.6 Å². The van der Waals surface area contributed by atoms with Crippen molar-refractivity contribution in [1.82, 2.24) is 9.29 Å². The molecule has 0 radical (unpaired) electrons. The number of rotatable bonds is 3. The molecule has 0 saturated carbocycles. The average molecular weight is 364 g/mol. The standard InChI is InChI=1S/C15H10ClNO.C2H7NO2S/c16-15-17-13(11-7-3-1-4-8-11)14(18-15)12-9-5-2-6-10-12;1-3(2)6(4)5/h1-10H;1-2H3,(H,4,5)/p-1. The minimum Gasteiger partial charge on any atom is -0.760 e. The molecule has 3 aromatic rings. The smallest absolute Gasteiger partial charge is 0.293 e. The first kappa shape index (κ1) is 18.4. The van der Waals surface area contributed by atoms with Crippen LogP contribution in [-0.4, -0.2) is 32.1 Å². The largest absolute Gasteiger partial charge is 0.760 e. The van der Waals surface area contributed by atoms with E-state index in [4.69, 9.17) is 16.0 Å². The molecule has 0 aliphatic rings. The highest BCUT2D eigenvalue weighted by Crippen LogP contribution is 2.33.